The number of hydrogen-bond acceptors (Lipinski definition) is 6. The fraction of sp³-hybridized carbons (Fsp3) is 0.500. The zero-order valence-corrected chi connectivity index (χ0v) is 9.30. The summed E-state index contributed by atoms with van der Waals surface area (Å²) in [4.78, 5) is 18.6. The molecule has 1 aromatic heterocycles. The summed E-state index contributed by atoms with van der Waals surface area (Å²) in [5, 5.41) is 11.0. The van der Waals surface area contributed by atoms with Crippen LogP contribution < -0.4 is 5.43 Å². The minimum absolute atomic E-state index is 0.133. The minimum atomic E-state index is -1.01. The maximum Gasteiger partial charge on any atom is 0.339 e. The van der Waals surface area contributed by atoms with E-state index >= 15 is 0 Å². The van der Waals surface area contributed by atoms with Gasteiger partial charge in [0.15, 0.2) is 0 Å². The molecule has 17 heavy (non-hydrogen) atoms. The molecular weight excluding hydrogens is 224 g/mol. The van der Waals surface area contributed by atoms with Crippen molar-refractivity contribution in [3.05, 3.63) is 23.8 Å². The first-order valence-electron chi connectivity index (χ1n) is 5.36. The van der Waals surface area contributed by atoms with Crippen molar-refractivity contribution in [1.29, 1.82) is 0 Å². The van der Waals surface area contributed by atoms with Crippen LogP contribution in [0.5, 0.6) is 0 Å². The predicted molar refractivity (Wildman–Crippen MR) is 58.2 cm³/mol. The third kappa shape index (κ3) is 3.19. The number of carboxylic acids is 1. The maximum atomic E-state index is 10.9. The lowest BCUT2D eigenvalue weighted by Crippen LogP contribution is -2.45. The Morgan fingerprint density at radius 2 is 2.29 bits per heavy atom. The second kappa shape index (κ2) is 5.67. The highest BCUT2D eigenvalue weighted by molar-refractivity contribution is 5.88. The molecule has 92 valence electrons. The quantitative estimate of drug-likeness (QED) is 0.731. The van der Waals surface area contributed by atoms with Crippen molar-refractivity contribution in [2.45, 2.75) is 6.54 Å². The summed E-state index contributed by atoms with van der Waals surface area (Å²) >= 11 is 0. The van der Waals surface area contributed by atoms with Gasteiger partial charge in [0, 0.05) is 19.3 Å². The van der Waals surface area contributed by atoms with Crippen LogP contribution >= 0.6 is 0 Å². The van der Waals surface area contributed by atoms with Crippen LogP contribution in [0.3, 0.4) is 0 Å². The molecule has 2 N–H and O–H groups in total. The van der Waals surface area contributed by atoms with Crippen molar-refractivity contribution in [1.82, 2.24) is 20.4 Å². The summed E-state index contributed by atoms with van der Waals surface area (Å²) in [6.07, 6.45) is 2.66. The molecule has 0 aromatic carbocycles. The first-order chi connectivity index (χ1) is 8.27. The van der Waals surface area contributed by atoms with Gasteiger partial charge in [0.25, 0.3) is 0 Å². The van der Waals surface area contributed by atoms with Crippen molar-refractivity contribution in [2.75, 3.05) is 26.3 Å². The smallest absolute Gasteiger partial charge is 0.339 e. The van der Waals surface area contributed by atoms with Gasteiger partial charge in [0.2, 0.25) is 0 Å². The molecule has 2 heterocycles. The lowest BCUT2D eigenvalue weighted by molar-refractivity contribution is 0.0102. The van der Waals surface area contributed by atoms with Crippen LogP contribution in [0.2, 0.25) is 0 Å². The van der Waals surface area contributed by atoms with Gasteiger partial charge in [0.1, 0.15) is 11.9 Å². The van der Waals surface area contributed by atoms with Crippen LogP contribution in [0.1, 0.15) is 16.1 Å². The average molecular weight is 238 g/mol. The Balaban J connectivity index is 1.96. The maximum absolute atomic E-state index is 10.9. The van der Waals surface area contributed by atoms with Crippen molar-refractivity contribution in [3.63, 3.8) is 0 Å². The molecule has 0 unspecified atom stereocenters. The Hall–Kier alpha value is -1.57. The number of morpholine rings is 1. The van der Waals surface area contributed by atoms with Crippen LogP contribution in [0.15, 0.2) is 12.5 Å². The summed E-state index contributed by atoms with van der Waals surface area (Å²) in [6.45, 7) is 3.32. The number of nitrogens with one attached hydrogen (secondary N) is 1. The first-order valence-corrected chi connectivity index (χ1v) is 5.36. The molecule has 0 saturated carbocycles. The number of rotatable bonds is 4. The molecular formula is C10H14N4O3. The molecule has 0 aliphatic carbocycles. The van der Waals surface area contributed by atoms with Gasteiger partial charge < -0.3 is 9.84 Å². The van der Waals surface area contributed by atoms with E-state index < -0.39 is 5.97 Å². The Kier molecular flexibility index (Phi) is 3.97. The van der Waals surface area contributed by atoms with Crippen molar-refractivity contribution < 1.29 is 14.6 Å². The summed E-state index contributed by atoms with van der Waals surface area (Å²) in [7, 11) is 0. The fourth-order valence-electron chi connectivity index (χ4n) is 1.58. The molecule has 1 aliphatic heterocycles. The zero-order chi connectivity index (χ0) is 12.1. The molecule has 2 rings (SSSR count). The van der Waals surface area contributed by atoms with Crippen LogP contribution in [-0.2, 0) is 11.3 Å². The van der Waals surface area contributed by atoms with Gasteiger partial charge >= 0.3 is 5.97 Å². The Bertz CT molecular complexity index is 393. The normalized spacial score (nSPS) is 16.9. The molecule has 1 saturated heterocycles. The lowest BCUT2D eigenvalue weighted by Gasteiger charge is -2.27. The molecule has 0 atom stereocenters. The molecule has 0 radical (unpaired) electrons. The number of aromatic nitrogens is 2. The minimum Gasteiger partial charge on any atom is -0.478 e. The highest BCUT2D eigenvalue weighted by Crippen LogP contribution is 2.04. The molecule has 0 bridgehead atoms. The number of nitrogens with zero attached hydrogens (tertiary/aromatic N) is 3. The molecule has 1 fully saturated rings. The molecule has 1 aromatic rings. The molecule has 1 aliphatic rings. The van der Waals surface area contributed by atoms with E-state index in [0.717, 1.165) is 13.1 Å². The van der Waals surface area contributed by atoms with Crippen molar-refractivity contribution in [2.24, 2.45) is 0 Å². The third-order valence-electron chi connectivity index (χ3n) is 2.51. The third-order valence-corrected chi connectivity index (χ3v) is 2.51. The Morgan fingerprint density at radius 1 is 1.53 bits per heavy atom. The van der Waals surface area contributed by atoms with E-state index in [9.17, 15) is 4.79 Å². The molecule has 0 spiro atoms. The van der Waals surface area contributed by atoms with E-state index in [1.165, 1.54) is 12.5 Å². The fourth-order valence-corrected chi connectivity index (χ4v) is 1.58. The summed E-state index contributed by atoms with van der Waals surface area (Å²) in [6, 6.07) is 0. The topological polar surface area (TPSA) is 87.6 Å². The van der Waals surface area contributed by atoms with Gasteiger partial charge in [0.05, 0.1) is 25.5 Å². The van der Waals surface area contributed by atoms with E-state index in [1.54, 1.807) is 0 Å². The Morgan fingerprint density at radius 3 is 3.00 bits per heavy atom. The lowest BCUT2D eigenvalue weighted by atomic mass is 10.2. The monoisotopic (exact) mass is 238 g/mol. The number of carboxylic acid groups (broad SMARTS) is 1. The van der Waals surface area contributed by atoms with Crippen molar-refractivity contribution >= 4 is 5.97 Å². The average Bonchev–Trinajstić information content (AvgIpc) is 2.38. The zero-order valence-electron chi connectivity index (χ0n) is 9.30. The number of hydrogen-bond donors (Lipinski definition) is 2. The number of aromatic carboxylic acids is 1. The highest BCUT2D eigenvalue weighted by atomic mass is 16.5. The SMILES string of the molecule is O=C(O)c1cncnc1CNN1CCOCC1. The van der Waals surface area contributed by atoms with Gasteiger partial charge in [-0.2, -0.15) is 0 Å². The standard InChI is InChI=1S/C10H14N4O3/c15-10(16)8-5-11-7-12-9(8)6-13-14-1-3-17-4-2-14/h5,7,13H,1-4,6H2,(H,15,16). The van der Waals surface area contributed by atoms with Crippen LogP contribution in [0.4, 0.5) is 0 Å². The van der Waals surface area contributed by atoms with E-state index in [2.05, 4.69) is 15.4 Å². The largest absolute Gasteiger partial charge is 0.478 e. The number of ether oxygens (including phenoxy) is 1. The number of hydrazine groups is 1. The highest BCUT2D eigenvalue weighted by Gasteiger charge is 2.14. The van der Waals surface area contributed by atoms with E-state index in [0.29, 0.717) is 25.5 Å². The molecule has 7 heteroatoms. The molecule has 7 nitrogen and oxygen atoms in total. The predicted octanol–water partition coefficient (Wildman–Crippen LogP) is -0.488. The first kappa shape index (κ1) is 11.9. The summed E-state index contributed by atoms with van der Waals surface area (Å²) in [5.74, 6) is -1.01. The Labute approximate surface area is 98.4 Å². The van der Waals surface area contributed by atoms with Gasteiger partial charge in [-0.3, -0.25) is 0 Å². The number of carbonyl (C=O) groups is 1. The van der Waals surface area contributed by atoms with Crippen LogP contribution in [0.25, 0.3) is 0 Å². The van der Waals surface area contributed by atoms with Gasteiger partial charge in [-0.05, 0) is 0 Å². The van der Waals surface area contributed by atoms with E-state index in [4.69, 9.17) is 9.84 Å². The van der Waals surface area contributed by atoms with Crippen molar-refractivity contribution in [3.8, 4) is 0 Å². The van der Waals surface area contributed by atoms with Crippen LogP contribution in [-0.4, -0.2) is 52.4 Å². The van der Waals surface area contributed by atoms with E-state index in [-0.39, 0.29) is 5.56 Å². The summed E-state index contributed by atoms with van der Waals surface area (Å²) in [5.41, 5.74) is 3.75. The second-order valence-electron chi connectivity index (χ2n) is 3.62. The molecule has 0 amide bonds. The van der Waals surface area contributed by atoms with E-state index in [1.807, 2.05) is 5.01 Å². The summed E-state index contributed by atoms with van der Waals surface area (Å²) < 4.78 is 5.21. The van der Waals surface area contributed by atoms with Crippen LogP contribution in [0, 0.1) is 0 Å². The van der Waals surface area contributed by atoms with Gasteiger partial charge in [-0.25, -0.2) is 25.2 Å². The van der Waals surface area contributed by atoms with Gasteiger partial charge in [-0.1, -0.05) is 0 Å². The second-order valence-corrected chi connectivity index (χ2v) is 3.62. The van der Waals surface area contributed by atoms with Gasteiger partial charge in [-0.15, -0.1) is 0 Å².